The molecule has 0 atom stereocenters. The fourth-order valence-corrected chi connectivity index (χ4v) is 3.07. The smallest absolute Gasteiger partial charge is 0.335 e. The highest BCUT2D eigenvalue weighted by atomic mass is 16.5. The molecule has 0 saturated heterocycles. The zero-order valence-electron chi connectivity index (χ0n) is 19.0. The first-order chi connectivity index (χ1) is 15.4. The Bertz CT molecular complexity index is 910. The molecule has 0 aliphatic carbocycles. The van der Waals surface area contributed by atoms with Gasteiger partial charge in [0.1, 0.15) is 0 Å². The van der Waals surface area contributed by atoms with Crippen LogP contribution >= 0.6 is 0 Å². The molecule has 0 aromatic heterocycles. The lowest BCUT2D eigenvalue weighted by Crippen LogP contribution is -2.12. The third kappa shape index (κ3) is 8.52. The molecule has 0 saturated carbocycles. The predicted molar refractivity (Wildman–Crippen MR) is 126 cm³/mol. The Balaban J connectivity index is 1.75. The van der Waals surface area contributed by atoms with Crippen LogP contribution in [-0.2, 0) is 36.6 Å². The van der Waals surface area contributed by atoms with E-state index in [-0.39, 0.29) is 12.6 Å². The molecule has 0 bridgehead atoms. The lowest BCUT2D eigenvalue weighted by Gasteiger charge is -2.08. The van der Waals surface area contributed by atoms with Gasteiger partial charge in [-0.1, -0.05) is 61.7 Å². The number of carbonyl (C=O) groups excluding carboxylic acids is 2. The first-order valence-electron chi connectivity index (χ1n) is 10.8. The molecule has 0 amide bonds. The average molecular weight is 437 g/mol. The molecule has 2 rings (SSSR count). The van der Waals surface area contributed by atoms with Crippen molar-refractivity contribution in [2.24, 2.45) is 0 Å². The quantitative estimate of drug-likeness (QED) is 0.249. The number of benzene rings is 2. The van der Waals surface area contributed by atoms with Crippen LogP contribution in [-0.4, -0.2) is 38.9 Å². The molecule has 0 radical (unpaired) electrons. The zero-order chi connectivity index (χ0) is 23.3. The minimum atomic E-state index is -0.404. The van der Waals surface area contributed by atoms with Crippen LogP contribution in [0.25, 0.3) is 11.1 Å². The van der Waals surface area contributed by atoms with Gasteiger partial charge in [-0.2, -0.15) is 0 Å². The van der Waals surface area contributed by atoms with Crippen molar-refractivity contribution in [3.63, 3.8) is 0 Å². The number of hydrogen-bond acceptors (Lipinski definition) is 5. The largest absolute Gasteiger partial charge is 0.462 e. The first-order valence-corrected chi connectivity index (χ1v) is 10.8. The van der Waals surface area contributed by atoms with E-state index >= 15 is 0 Å². The topological polar surface area (TPSA) is 61.8 Å². The monoisotopic (exact) mass is 436 g/mol. The SMILES string of the molecule is C=C(C)C(=O)OCCCc1ccc(-c2ccc(CCCOC(=O)C(=C)COC)cc2)cc1. The van der Waals surface area contributed by atoms with Crippen molar-refractivity contribution in [3.05, 3.63) is 84.0 Å². The molecule has 0 N–H and O–H groups in total. The zero-order valence-corrected chi connectivity index (χ0v) is 19.0. The van der Waals surface area contributed by atoms with Gasteiger partial charge in [-0.15, -0.1) is 0 Å². The molecule has 0 heterocycles. The maximum Gasteiger partial charge on any atom is 0.335 e. The number of esters is 2. The molecule has 0 aliphatic heterocycles. The summed E-state index contributed by atoms with van der Waals surface area (Å²) in [4.78, 5) is 23.0. The summed E-state index contributed by atoms with van der Waals surface area (Å²) in [5, 5.41) is 0. The molecule has 5 nitrogen and oxygen atoms in total. The molecule has 0 fully saturated rings. The van der Waals surface area contributed by atoms with Crippen LogP contribution in [0.2, 0.25) is 0 Å². The molecular weight excluding hydrogens is 404 g/mol. The highest BCUT2D eigenvalue weighted by Gasteiger charge is 2.08. The second-order valence-electron chi connectivity index (χ2n) is 7.69. The van der Waals surface area contributed by atoms with Gasteiger partial charge in [-0.3, -0.25) is 0 Å². The standard InChI is InChI=1S/C27H32O5/c1-20(2)26(28)31-17-5-7-22-9-13-24(14-10-22)25-15-11-23(12-16-25)8-6-18-32-27(29)21(3)19-30-4/h9-16H,1,3,5-8,17-19H2,2,4H3. The predicted octanol–water partition coefficient (Wildman–Crippen LogP) is 5.08. The summed E-state index contributed by atoms with van der Waals surface area (Å²) in [5.41, 5.74) is 5.46. The second kappa shape index (κ2) is 13.3. The number of rotatable bonds is 13. The summed E-state index contributed by atoms with van der Waals surface area (Å²) in [5.74, 6) is -0.740. The minimum Gasteiger partial charge on any atom is -0.462 e. The summed E-state index contributed by atoms with van der Waals surface area (Å²) < 4.78 is 15.2. The fraction of sp³-hybridized carbons (Fsp3) is 0.333. The van der Waals surface area contributed by atoms with Gasteiger partial charge < -0.3 is 14.2 Å². The lowest BCUT2D eigenvalue weighted by atomic mass is 10.00. The molecule has 32 heavy (non-hydrogen) atoms. The van der Waals surface area contributed by atoms with Crippen LogP contribution < -0.4 is 0 Å². The Kier molecular flexibility index (Phi) is 10.4. The van der Waals surface area contributed by atoms with Gasteiger partial charge in [0.2, 0.25) is 0 Å². The number of ether oxygens (including phenoxy) is 3. The number of hydrogen-bond donors (Lipinski definition) is 0. The van der Waals surface area contributed by atoms with Gasteiger partial charge in [0, 0.05) is 12.7 Å². The summed E-state index contributed by atoms with van der Waals surface area (Å²) in [7, 11) is 1.52. The highest BCUT2D eigenvalue weighted by molar-refractivity contribution is 5.88. The number of methoxy groups -OCH3 is 1. The van der Waals surface area contributed by atoms with E-state index in [1.165, 1.54) is 18.2 Å². The van der Waals surface area contributed by atoms with Crippen LogP contribution in [0.1, 0.15) is 30.9 Å². The van der Waals surface area contributed by atoms with Gasteiger partial charge in [-0.25, -0.2) is 9.59 Å². The van der Waals surface area contributed by atoms with Crippen LogP contribution in [0.4, 0.5) is 0 Å². The van der Waals surface area contributed by atoms with Crippen molar-refractivity contribution in [2.75, 3.05) is 26.9 Å². The Morgan fingerprint density at radius 3 is 1.59 bits per heavy atom. The number of carbonyl (C=O) groups is 2. The van der Waals surface area contributed by atoms with E-state index in [0.29, 0.717) is 24.4 Å². The van der Waals surface area contributed by atoms with Crippen molar-refractivity contribution in [1.29, 1.82) is 0 Å². The van der Waals surface area contributed by atoms with Crippen molar-refractivity contribution < 1.29 is 23.8 Å². The Labute approximate surface area is 190 Å². The van der Waals surface area contributed by atoms with E-state index < -0.39 is 5.97 Å². The van der Waals surface area contributed by atoms with Crippen molar-refractivity contribution in [3.8, 4) is 11.1 Å². The molecule has 0 unspecified atom stereocenters. The molecule has 170 valence electrons. The third-order valence-electron chi connectivity index (χ3n) is 4.88. The van der Waals surface area contributed by atoms with Gasteiger partial charge in [0.05, 0.1) is 25.4 Å². The van der Waals surface area contributed by atoms with Crippen LogP contribution in [0.15, 0.2) is 72.8 Å². The summed E-state index contributed by atoms with van der Waals surface area (Å²) in [6.45, 7) is 9.80. The maximum absolute atomic E-state index is 11.7. The summed E-state index contributed by atoms with van der Waals surface area (Å²) in [6, 6.07) is 16.8. The van der Waals surface area contributed by atoms with E-state index in [1.54, 1.807) is 6.92 Å². The molecule has 5 heteroatoms. The highest BCUT2D eigenvalue weighted by Crippen LogP contribution is 2.21. The van der Waals surface area contributed by atoms with Gasteiger partial charge in [0.25, 0.3) is 0 Å². The molecular formula is C27H32O5. The van der Waals surface area contributed by atoms with Crippen LogP contribution in [0.3, 0.4) is 0 Å². The van der Waals surface area contributed by atoms with Gasteiger partial charge in [-0.05, 0) is 54.9 Å². The minimum absolute atomic E-state index is 0.187. The normalized spacial score (nSPS) is 10.4. The fourth-order valence-electron chi connectivity index (χ4n) is 3.07. The lowest BCUT2D eigenvalue weighted by molar-refractivity contribution is -0.140. The van der Waals surface area contributed by atoms with Crippen molar-refractivity contribution in [1.82, 2.24) is 0 Å². The summed E-state index contributed by atoms with van der Waals surface area (Å²) in [6.07, 6.45) is 3.22. The van der Waals surface area contributed by atoms with Crippen molar-refractivity contribution >= 4 is 11.9 Å². The summed E-state index contributed by atoms with van der Waals surface area (Å²) >= 11 is 0. The Morgan fingerprint density at radius 2 is 1.19 bits per heavy atom. The van der Waals surface area contributed by atoms with Crippen molar-refractivity contribution in [2.45, 2.75) is 32.6 Å². The van der Waals surface area contributed by atoms with Crippen LogP contribution in [0.5, 0.6) is 0 Å². The van der Waals surface area contributed by atoms with E-state index in [9.17, 15) is 9.59 Å². The van der Waals surface area contributed by atoms with Crippen LogP contribution in [0, 0.1) is 0 Å². The van der Waals surface area contributed by atoms with E-state index in [2.05, 4.69) is 61.7 Å². The van der Waals surface area contributed by atoms with E-state index in [4.69, 9.17) is 14.2 Å². The van der Waals surface area contributed by atoms with E-state index in [0.717, 1.165) is 36.8 Å². The van der Waals surface area contributed by atoms with E-state index in [1.807, 2.05) is 0 Å². The Morgan fingerprint density at radius 1 is 0.750 bits per heavy atom. The van der Waals surface area contributed by atoms with Gasteiger partial charge in [0.15, 0.2) is 0 Å². The third-order valence-corrected chi connectivity index (χ3v) is 4.88. The number of aryl methyl sites for hydroxylation is 2. The molecule has 2 aromatic rings. The maximum atomic E-state index is 11.7. The Hall–Kier alpha value is -3.18. The molecule has 2 aromatic carbocycles. The molecule has 0 spiro atoms. The van der Waals surface area contributed by atoms with Gasteiger partial charge >= 0.3 is 11.9 Å². The molecule has 0 aliphatic rings. The first kappa shape index (κ1) is 25.1. The average Bonchev–Trinajstić information content (AvgIpc) is 2.80. The second-order valence-corrected chi connectivity index (χ2v) is 7.69.